The molecule has 164 valence electrons. The first kappa shape index (κ1) is 20.7. The third-order valence-electron chi connectivity index (χ3n) is 5.84. The van der Waals surface area contributed by atoms with Gasteiger partial charge in [0, 0.05) is 23.2 Å². The van der Waals surface area contributed by atoms with Crippen molar-refractivity contribution in [2.24, 2.45) is 0 Å². The molecule has 6 heteroatoms. The molecule has 0 unspecified atom stereocenters. The number of para-hydroxylation sites is 2. The monoisotopic (exact) mass is 438 g/mol. The summed E-state index contributed by atoms with van der Waals surface area (Å²) in [6, 6.07) is 24.4. The van der Waals surface area contributed by atoms with Gasteiger partial charge < -0.3 is 14.4 Å². The number of anilines is 1. The van der Waals surface area contributed by atoms with Crippen LogP contribution in [-0.4, -0.2) is 37.1 Å². The van der Waals surface area contributed by atoms with Crippen molar-refractivity contribution in [3.05, 3.63) is 90.0 Å². The topological polar surface area (TPSA) is 68.7 Å². The molecule has 1 aliphatic rings. The number of aromatic nitrogens is 1. The summed E-state index contributed by atoms with van der Waals surface area (Å²) < 4.78 is 10.7. The second-order valence-electron chi connectivity index (χ2n) is 7.80. The summed E-state index contributed by atoms with van der Waals surface area (Å²) in [5.41, 5.74) is 4.55. The van der Waals surface area contributed by atoms with E-state index >= 15 is 0 Å². The Labute approximate surface area is 191 Å². The van der Waals surface area contributed by atoms with E-state index in [9.17, 15) is 9.59 Å². The minimum absolute atomic E-state index is 0.234. The molecule has 1 amide bonds. The molecule has 0 radical (unpaired) electrons. The van der Waals surface area contributed by atoms with Crippen LogP contribution < -0.4 is 9.64 Å². The van der Waals surface area contributed by atoms with Gasteiger partial charge in [0.1, 0.15) is 5.75 Å². The standard InChI is InChI=1S/C27H22N2O4/c1-32-20-12-10-18(11-13-20)24-16-22(21-7-3-4-8-23(21)28-24)27(31)33-17-26(30)29-15-14-19-6-2-5-9-25(19)29/h2-13,16H,14-15,17H2,1H3. The second kappa shape index (κ2) is 8.74. The number of amides is 1. The van der Waals surface area contributed by atoms with Crippen molar-refractivity contribution in [2.45, 2.75) is 6.42 Å². The van der Waals surface area contributed by atoms with Crippen LogP contribution >= 0.6 is 0 Å². The minimum Gasteiger partial charge on any atom is -0.497 e. The number of pyridine rings is 1. The quantitative estimate of drug-likeness (QED) is 0.424. The number of rotatable bonds is 5. The molecule has 0 fully saturated rings. The molecule has 1 aromatic heterocycles. The van der Waals surface area contributed by atoms with Gasteiger partial charge in [-0.25, -0.2) is 9.78 Å². The Morgan fingerprint density at radius 2 is 1.73 bits per heavy atom. The molecular formula is C27H22N2O4. The molecule has 5 rings (SSSR count). The van der Waals surface area contributed by atoms with Crippen molar-refractivity contribution in [1.82, 2.24) is 4.98 Å². The molecule has 0 saturated carbocycles. The van der Waals surface area contributed by atoms with Crippen LogP contribution in [0.2, 0.25) is 0 Å². The summed E-state index contributed by atoms with van der Waals surface area (Å²) in [6.07, 6.45) is 0.802. The number of benzene rings is 3. The highest BCUT2D eigenvalue weighted by Gasteiger charge is 2.25. The zero-order valence-electron chi connectivity index (χ0n) is 18.2. The number of hydrogen-bond acceptors (Lipinski definition) is 5. The zero-order valence-corrected chi connectivity index (χ0v) is 18.2. The molecule has 4 aromatic rings. The molecule has 0 spiro atoms. The van der Waals surface area contributed by atoms with Crippen molar-refractivity contribution < 1.29 is 19.1 Å². The van der Waals surface area contributed by atoms with Gasteiger partial charge in [-0.2, -0.15) is 0 Å². The predicted octanol–water partition coefficient (Wildman–Crippen LogP) is 4.66. The Balaban J connectivity index is 1.40. The maximum absolute atomic E-state index is 13.1. The van der Waals surface area contributed by atoms with Crippen molar-refractivity contribution in [1.29, 1.82) is 0 Å². The average molecular weight is 438 g/mol. The first-order chi connectivity index (χ1) is 16.1. The number of methoxy groups -OCH3 is 1. The Bertz CT molecular complexity index is 1350. The van der Waals surface area contributed by atoms with Gasteiger partial charge in [0.25, 0.3) is 5.91 Å². The summed E-state index contributed by atoms with van der Waals surface area (Å²) in [4.78, 5) is 32.2. The molecule has 0 aliphatic carbocycles. The van der Waals surface area contributed by atoms with E-state index in [-0.39, 0.29) is 12.5 Å². The third-order valence-corrected chi connectivity index (χ3v) is 5.84. The number of ether oxygens (including phenoxy) is 2. The smallest absolute Gasteiger partial charge is 0.339 e. The van der Waals surface area contributed by atoms with E-state index in [1.807, 2.05) is 72.8 Å². The SMILES string of the molecule is COc1ccc(-c2cc(C(=O)OCC(=O)N3CCc4ccccc43)c3ccccc3n2)cc1. The van der Waals surface area contributed by atoms with Gasteiger partial charge in [0.2, 0.25) is 0 Å². The van der Waals surface area contributed by atoms with E-state index in [2.05, 4.69) is 0 Å². The summed E-state index contributed by atoms with van der Waals surface area (Å²) >= 11 is 0. The lowest BCUT2D eigenvalue weighted by molar-refractivity contribution is -0.121. The van der Waals surface area contributed by atoms with Gasteiger partial charge in [-0.3, -0.25) is 4.79 Å². The van der Waals surface area contributed by atoms with Crippen LogP contribution in [0.25, 0.3) is 22.2 Å². The molecular weight excluding hydrogens is 416 g/mol. The highest BCUT2D eigenvalue weighted by atomic mass is 16.5. The highest BCUT2D eigenvalue weighted by Crippen LogP contribution is 2.29. The first-order valence-electron chi connectivity index (χ1n) is 10.7. The number of fused-ring (bicyclic) bond motifs is 2. The fourth-order valence-electron chi connectivity index (χ4n) is 4.13. The lowest BCUT2D eigenvalue weighted by Crippen LogP contribution is -2.33. The van der Waals surface area contributed by atoms with Gasteiger partial charge in [0.05, 0.1) is 23.9 Å². The van der Waals surface area contributed by atoms with Crippen molar-refractivity contribution in [3.63, 3.8) is 0 Å². The van der Waals surface area contributed by atoms with Gasteiger partial charge >= 0.3 is 5.97 Å². The van der Waals surface area contributed by atoms with Gasteiger partial charge in [-0.15, -0.1) is 0 Å². The number of carbonyl (C=O) groups is 2. The van der Waals surface area contributed by atoms with E-state index < -0.39 is 5.97 Å². The lowest BCUT2D eigenvalue weighted by atomic mass is 10.0. The van der Waals surface area contributed by atoms with E-state index in [4.69, 9.17) is 14.5 Å². The van der Waals surface area contributed by atoms with Crippen LogP contribution in [0.15, 0.2) is 78.9 Å². The predicted molar refractivity (Wildman–Crippen MR) is 127 cm³/mol. The maximum atomic E-state index is 13.1. The zero-order chi connectivity index (χ0) is 22.8. The van der Waals surface area contributed by atoms with E-state index in [0.29, 0.717) is 28.7 Å². The molecule has 0 N–H and O–H groups in total. The molecule has 0 atom stereocenters. The Kier molecular flexibility index (Phi) is 5.48. The lowest BCUT2D eigenvalue weighted by Gasteiger charge is -2.17. The molecule has 33 heavy (non-hydrogen) atoms. The molecule has 0 bridgehead atoms. The largest absolute Gasteiger partial charge is 0.497 e. The third kappa shape index (κ3) is 4.03. The second-order valence-corrected chi connectivity index (χ2v) is 7.80. The summed E-state index contributed by atoms with van der Waals surface area (Å²) in [5.74, 6) is -0.0487. The van der Waals surface area contributed by atoms with Gasteiger partial charge in [0.15, 0.2) is 6.61 Å². The summed E-state index contributed by atoms with van der Waals surface area (Å²) in [6.45, 7) is 0.275. The maximum Gasteiger partial charge on any atom is 0.339 e. The van der Waals surface area contributed by atoms with E-state index in [1.54, 1.807) is 18.1 Å². The van der Waals surface area contributed by atoms with E-state index in [0.717, 1.165) is 29.0 Å². The Morgan fingerprint density at radius 1 is 0.970 bits per heavy atom. The number of nitrogens with zero attached hydrogens (tertiary/aromatic N) is 2. The Hall–Kier alpha value is -4.19. The highest BCUT2D eigenvalue weighted by molar-refractivity contribution is 6.06. The Morgan fingerprint density at radius 3 is 2.55 bits per heavy atom. The molecule has 6 nitrogen and oxygen atoms in total. The number of carbonyl (C=O) groups excluding carboxylic acids is 2. The van der Waals surface area contributed by atoms with Crippen LogP contribution in [0.1, 0.15) is 15.9 Å². The van der Waals surface area contributed by atoms with Crippen LogP contribution in [0.3, 0.4) is 0 Å². The molecule has 0 saturated heterocycles. The fourth-order valence-corrected chi connectivity index (χ4v) is 4.13. The van der Waals surface area contributed by atoms with Crippen LogP contribution in [0.5, 0.6) is 5.75 Å². The van der Waals surface area contributed by atoms with Gasteiger partial charge in [-0.05, 0) is 54.4 Å². The summed E-state index contributed by atoms with van der Waals surface area (Å²) in [5, 5.41) is 0.679. The first-order valence-corrected chi connectivity index (χ1v) is 10.7. The van der Waals surface area contributed by atoms with Crippen LogP contribution in [-0.2, 0) is 16.0 Å². The normalized spacial score (nSPS) is 12.5. The van der Waals surface area contributed by atoms with Crippen LogP contribution in [0.4, 0.5) is 5.69 Å². The van der Waals surface area contributed by atoms with Gasteiger partial charge in [-0.1, -0.05) is 36.4 Å². The van der Waals surface area contributed by atoms with Crippen LogP contribution in [0, 0.1) is 0 Å². The molecule has 1 aliphatic heterocycles. The van der Waals surface area contributed by atoms with Crippen molar-refractivity contribution in [2.75, 3.05) is 25.2 Å². The number of esters is 1. The molecule has 3 aromatic carbocycles. The minimum atomic E-state index is -0.552. The fraction of sp³-hybridized carbons (Fsp3) is 0.148. The molecule has 2 heterocycles. The average Bonchev–Trinajstić information content (AvgIpc) is 3.31. The number of hydrogen-bond donors (Lipinski definition) is 0. The van der Waals surface area contributed by atoms with E-state index in [1.165, 1.54) is 0 Å². The van der Waals surface area contributed by atoms with Crippen molar-refractivity contribution >= 4 is 28.5 Å². The van der Waals surface area contributed by atoms with Crippen molar-refractivity contribution in [3.8, 4) is 17.0 Å². The summed E-state index contributed by atoms with van der Waals surface area (Å²) in [7, 11) is 1.61.